The fourth-order valence-electron chi connectivity index (χ4n) is 2.83. The average molecular weight is 287 g/mol. The van der Waals surface area contributed by atoms with E-state index in [1.807, 2.05) is 19.1 Å². The Morgan fingerprint density at radius 3 is 3.10 bits per heavy atom. The molecule has 1 unspecified atom stereocenters. The van der Waals surface area contributed by atoms with Crippen LogP contribution in [0.4, 0.5) is 5.69 Å². The van der Waals surface area contributed by atoms with Crippen molar-refractivity contribution in [3.05, 3.63) is 29.3 Å². The van der Waals surface area contributed by atoms with Crippen molar-refractivity contribution in [2.24, 2.45) is 5.92 Å². The summed E-state index contributed by atoms with van der Waals surface area (Å²) < 4.78 is 0. The van der Waals surface area contributed by atoms with Crippen LogP contribution in [0.1, 0.15) is 24.0 Å². The molecule has 1 aliphatic heterocycles. The van der Waals surface area contributed by atoms with Crippen LogP contribution >= 0.6 is 0 Å². The molecule has 0 aliphatic carbocycles. The SMILES string of the molecule is Cc1ccc(C#N)c(N2CCCC(CNCC(=O)O)C2)c1. The number of hydrogen-bond acceptors (Lipinski definition) is 4. The van der Waals surface area contributed by atoms with Crippen molar-refractivity contribution in [3.8, 4) is 6.07 Å². The smallest absolute Gasteiger partial charge is 0.317 e. The molecule has 5 nitrogen and oxygen atoms in total. The molecule has 21 heavy (non-hydrogen) atoms. The highest BCUT2D eigenvalue weighted by Crippen LogP contribution is 2.27. The highest BCUT2D eigenvalue weighted by atomic mass is 16.4. The molecule has 0 saturated carbocycles. The highest BCUT2D eigenvalue weighted by molar-refractivity contribution is 5.69. The van der Waals surface area contributed by atoms with Crippen LogP contribution in [0.25, 0.3) is 0 Å². The van der Waals surface area contributed by atoms with E-state index in [9.17, 15) is 10.1 Å². The minimum absolute atomic E-state index is 0.00436. The Kier molecular flexibility index (Phi) is 5.18. The average Bonchev–Trinajstić information content (AvgIpc) is 2.47. The predicted octanol–water partition coefficient (Wildman–Crippen LogP) is 1.76. The quantitative estimate of drug-likeness (QED) is 0.863. The summed E-state index contributed by atoms with van der Waals surface area (Å²) in [6, 6.07) is 8.15. The number of carbonyl (C=O) groups is 1. The summed E-state index contributed by atoms with van der Waals surface area (Å²) in [5.74, 6) is -0.404. The summed E-state index contributed by atoms with van der Waals surface area (Å²) in [7, 11) is 0. The van der Waals surface area contributed by atoms with E-state index in [-0.39, 0.29) is 6.54 Å². The maximum Gasteiger partial charge on any atom is 0.317 e. The van der Waals surface area contributed by atoms with Crippen LogP contribution in [0, 0.1) is 24.2 Å². The van der Waals surface area contributed by atoms with Crippen molar-refractivity contribution in [1.29, 1.82) is 5.26 Å². The molecule has 5 heteroatoms. The van der Waals surface area contributed by atoms with Crippen molar-refractivity contribution in [2.45, 2.75) is 19.8 Å². The van der Waals surface area contributed by atoms with E-state index in [0.29, 0.717) is 18.0 Å². The number of piperidine rings is 1. The molecule has 1 aliphatic rings. The van der Waals surface area contributed by atoms with Gasteiger partial charge in [-0.3, -0.25) is 4.79 Å². The van der Waals surface area contributed by atoms with Gasteiger partial charge in [-0.15, -0.1) is 0 Å². The molecule has 1 saturated heterocycles. The molecule has 1 atom stereocenters. The second-order valence-electron chi connectivity index (χ2n) is 5.61. The molecule has 0 amide bonds. The number of nitriles is 1. The highest BCUT2D eigenvalue weighted by Gasteiger charge is 2.21. The molecule has 0 bridgehead atoms. The minimum atomic E-state index is -0.826. The van der Waals surface area contributed by atoms with Crippen molar-refractivity contribution in [2.75, 3.05) is 31.1 Å². The Bertz CT molecular complexity index is 551. The lowest BCUT2D eigenvalue weighted by atomic mass is 9.96. The molecular formula is C16H21N3O2. The van der Waals surface area contributed by atoms with E-state index < -0.39 is 5.97 Å². The molecule has 0 aromatic heterocycles. The van der Waals surface area contributed by atoms with E-state index in [4.69, 9.17) is 5.11 Å². The maximum absolute atomic E-state index is 10.5. The summed E-state index contributed by atoms with van der Waals surface area (Å²) in [4.78, 5) is 12.8. The third-order valence-corrected chi connectivity index (χ3v) is 3.84. The van der Waals surface area contributed by atoms with Crippen LogP contribution in [-0.2, 0) is 4.79 Å². The second kappa shape index (κ2) is 7.09. The van der Waals surface area contributed by atoms with E-state index in [1.54, 1.807) is 0 Å². The number of benzene rings is 1. The zero-order chi connectivity index (χ0) is 15.2. The lowest BCUT2D eigenvalue weighted by Gasteiger charge is -2.35. The van der Waals surface area contributed by atoms with Crippen LogP contribution in [-0.4, -0.2) is 37.3 Å². The van der Waals surface area contributed by atoms with Gasteiger partial charge in [0, 0.05) is 19.6 Å². The Labute approximate surface area is 125 Å². The number of aliphatic carboxylic acids is 1. The molecule has 1 aromatic carbocycles. The lowest BCUT2D eigenvalue weighted by Crippen LogP contribution is -2.40. The van der Waals surface area contributed by atoms with Gasteiger partial charge in [-0.2, -0.15) is 5.26 Å². The molecule has 2 N–H and O–H groups in total. The summed E-state index contributed by atoms with van der Waals surface area (Å²) >= 11 is 0. The fraction of sp³-hybridized carbons (Fsp3) is 0.500. The molecule has 0 spiro atoms. The van der Waals surface area contributed by atoms with E-state index in [2.05, 4.69) is 22.4 Å². The standard InChI is InChI=1S/C16H21N3O2/c1-12-4-5-14(8-17)15(7-12)19-6-2-3-13(11-19)9-18-10-16(20)21/h4-5,7,13,18H,2-3,6,9-11H2,1H3,(H,20,21). The first kappa shape index (κ1) is 15.3. The van der Waals surface area contributed by atoms with Crippen LogP contribution in [0.5, 0.6) is 0 Å². The lowest BCUT2D eigenvalue weighted by molar-refractivity contribution is -0.136. The normalized spacial score (nSPS) is 18.3. The Morgan fingerprint density at radius 2 is 2.38 bits per heavy atom. The van der Waals surface area contributed by atoms with Crippen molar-refractivity contribution in [3.63, 3.8) is 0 Å². The first-order valence-corrected chi connectivity index (χ1v) is 7.28. The van der Waals surface area contributed by atoms with Crippen molar-refractivity contribution < 1.29 is 9.90 Å². The third kappa shape index (κ3) is 4.20. The van der Waals surface area contributed by atoms with Gasteiger partial charge < -0.3 is 15.3 Å². The number of nitrogens with one attached hydrogen (secondary N) is 1. The number of carboxylic acid groups (broad SMARTS) is 1. The van der Waals surface area contributed by atoms with Crippen molar-refractivity contribution in [1.82, 2.24) is 5.32 Å². The fourth-order valence-corrected chi connectivity index (χ4v) is 2.83. The minimum Gasteiger partial charge on any atom is -0.480 e. The van der Waals surface area contributed by atoms with Gasteiger partial charge in [0.15, 0.2) is 0 Å². The van der Waals surface area contributed by atoms with Gasteiger partial charge in [-0.1, -0.05) is 6.07 Å². The number of rotatable bonds is 5. The zero-order valence-electron chi connectivity index (χ0n) is 12.3. The molecule has 1 heterocycles. The Morgan fingerprint density at radius 1 is 1.57 bits per heavy atom. The third-order valence-electron chi connectivity index (χ3n) is 3.84. The number of nitrogens with zero attached hydrogens (tertiary/aromatic N) is 2. The molecule has 0 radical (unpaired) electrons. The molecule has 112 valence electrons. The number of anilines is 1. The van der Waals surface area contributed by atoms with Crippen molar-refractivity contribution >= 4 is 11.7 Å². The summed E-state index contributed by atoms with van der Waals surface area (Å²) in [5.41, 5.74) is 2.86. The monoisotopic (exact) mass is 287 g/mol. The number of carboxylic acids is 1. The van der Waals surface area contributed by atoms with Gasteiger partial charge in [-0.05, 0) is 43.4 Å². The van der Waals surface area contributed by atoms with Gasteiger partial charge in [0.1, 0.15) is 6.07 Å². The maximum atomic E-state index is 10.5. The molecular weight excluding hydrogens is 266 g/mol. The Balaban J connectivity index is 2.02. The molecule has 1 aromatic rings. The molecule has 2 rings (SSSR count). The van der Waals surface area contributed by atoms with E-state index in [1.165, 1.54) is 0 Å². The first-order valence-electron chi connectivity index (χ1n) is 7.28. The zero-order valence-corrected chi connectivity index (χ0v) is 12.3. The summed E-state index contributed by atoms with van der Waals surface area (Å²) in [6.45, 7) is 4.56. The summed E-state index contributed by atoms with van der Waals surface area (Å²) in [5, 5.41) is 20.9. The summed E-state index contributed by atoms with van der Waals surface area (Å²) in [6.07, 6.45) is 2.16. The second-order valence-corrected chi connectivity index (χ2v) is 5.61. The van der Waals surface area contributed by atoms with Gasteiger partial charge in [-0.25, -0.2) is 0 Å². The van der Waals surface area contributed by atoms with E-state index in [0.717, 1.165) is 37.2 Å². The van der Waals surface area contributed by atoms with Gasteiger partial charge in [0.2, 0.25) is 0 Å². The topological polar surface area (TPSA) is 76.4 Å². The van der Waals surface area contributed by atoms with Crippen LogP contribution in [0.3, 0.4) is 0 Å². The molecule has 1 fully saturated rings. The van der Waals surface area contributed by atoms with E-state index >= 15 is 0 Å². The van der Waals surface area contributed by atoms with Crippen LogP contribution < -0.4 is 10.2 Å². The van der Waals surface area contributed by atoms with Gasteiger partial charge >= 0.3 is 5.97 Å². The first-order chi connectivity index (χ1) is 10.1. The Hall–Kier alpha value is -2.06. The van der Waals surface area contributed by atoms with Gasteiger partial charge in [0.25, 0.3) is 0 Å². The van der Waals surface area contributed by atoms with Gasteiger partial charge in [0.05, 0.1) is 17.8 Å². The number of hydrogen-bond donors (Lipinski definition) is 2. The number of aryl methyl sites for hydroxylation is 1. The van der Waals surface area contributed by atoms with Crippen LogP contribution in [0.15, 0.2) is 18.2 Å². The predicted molar refractivity (Wildman–Crippen MR) is 81.3 cm³/mol. The largest absolute Gasteiger partial charge is 0.480 e. The van der Waals surface area contributed by atoms with Crippen LogP contribution in [0.2, 0.25) is 0 Å².